The van der Waals surface area contributed by atoms with Crippen molar-refractivity contribution >= 4 is 52.4 Å². The van der Waals surface area contributed by atoms with Crippen molar-refractivity contribution in [2.45, 2.75) is 0 Å². The van der Waals surface area contributed by atoms with Crippen LogP contribution in [0.2, 0.25) is 15.2 Å². The number of allylic oxidation sites excluding steroid dienone is 1. The molecule has 1 aromatic heterocycles. The van der Waals surface area contributed by atoms with Crippen LogP contribution in [-0.2, 0) is 0 Å². The molecular formula is C18H11Cl3N2O. The number of benzene rings is 2. The van der Waals surface area contributed by atoms with Gasteiger partial charge in [0.05, 0.1) is 5.70 Å². The van der Waals surface area contributed by atoms with Crippen molar-refractivity contribution in [2.24, 2.45) is 0 Å². The van der Waals surface area contributed by atoms with Crippen molar-refractivity contribution in [3.8, 4) is 0 Å². The molecule has 0 aliphatic rings. The summed E-state index contributed by atoms with van der Waals surface area (Å²) in [6.07, 6.45) is 4.74. The fourth-order valence-electron chi connectivity index (χ4n) is 2.19. The van der Waals surface area contributed by atoms with E-state index in [1.807, 2.05) is 6.07 Å². The molecule has 0 aliphatic heterocycles. The highest BCUT2D eigenvalue weighted by molar-refractivity contribution is 6.36. The predicted molar refractivity (Wildman–Crippen MR) is 98.6 cm³/mol. The quantitative estimate of drug-likeness (QED) is 0.430. The van der Waals surface area contributed by atoms with Crippen LogP contribution >= 0.6 is 34.8 Å². The van der Waals surface area contributed by atoms with Gasteiger partial charge in [-0.05, 0) is 23.8 Å². The van der Waals surface area contributed by atoms with E-state index in [-0.39, 0.29) is 5.78 Å². The van der Waals surface area contributed by atoms with Gasteiger partial charge in [-0.2, -0.15) is 0 Å². The van der Waals surface area contributed by atoms with Gasteiger partial charge in [-0.3, -0.25) is 4.79 Å². The number of hydrogen-bond acceptors (Lipinski definition) is 2. The normalized spacial score (nSPS) is 11.5. The van der Waals surface area contributed by atoms with Crippen molar-refractivity contribution in [1.82, 2.24) is 9.55 Å². The molecule has 24 heavy (non-hydrogen) atoms. The van der Waals surface area contributed by atoms with Gasteiger partial charge in [-0.1, -0.05) is 71.2 Å². The van der Waals surface area contributed by atoms with Gasteiger partial charge in [-0.15, -0.1) is 0 Å². The van der Waals surface area contributed by atoms with E-state index < -0.39 is 0 Å². The number of nitrogens with zero attached hydrogens (tertiary/aromatic N) is 2. The average Bonchev–Trinajstić information content (AvgIpc) is 3.00. The molecule has 0 bridgehead atoms. The van der Waals surface area contributed by atoms with Gasteiger partial charge in [0.15, 0.2) is 0 Å². The topological polar surface area (TPSA) is 34.9 Å². The first-order valence-corrected chi connectivity index (χ1v) is 8.14. The second kappa shape index (κ2) is 7.22. The fraction of sp³-hybridized carbons (Fsp3) is 0. The third-order valence-corrected chi connectivity index (χ3v) is 4.11. The molecule has 3 nitrogen and oxygen atoms in total. The van der Waals surface area contributed by atoms with Crippen LogP contribution in [0, 0.1) is 0 Å². The van der Waals surface area contributed by atoms with Gasteiger partial charge in [0.2, 0.25) is 5.78 Å². The van der Waals surface area contributed by atoms with Crippen LogP contribution in [0.3, 0.4) is 0 Å². The number of aromatic nitrogens is 2. The summed E-state index contributed by atoms with van der Waals surface area (Å²) in [5, 5.41) is 1.27. The van der Waals surface area contributed by atoms with Gasteiger partial charge in [0.1, 0.15) is 11.5 Å². The average molecular weight is 378 g/mol. The summed E-state index contributed by atoms with van der Waals surface area (Å²) in [6.45, 7) is 0. The molecule has 0 aliphatic carbocycles. The molecule has 0 atom stereocenters. The summed E-state index contributed by atoms with van der Waals surface area (Å²) in [5.41, 5.74) is 1.61. The van der Waals surface area contributed by atoms with E-state index in [0.717, 1.165) is 0 Å². The Balaban J connectivity index is 2.12. The molecule has 0 amide bonds. The molecule has 0 saturated heterocycles. The van der Waals surface area contributed by atoms with Crippen molar-refractivity contribution in [1.29, 1.82) is 0 Å². The van der Waals surface area contributed by atoms with Crippen molar-refractivity contribution in [3.63, 3.8) is 0 Å². The van der Waals surface area contributed by atoms with E-state index in [4.69, 9.17) is 34.8 Å². The Bertz CT molecular complexity index is 917. The smallest absolute Gasteiger partial charge is 0.209 e. The molecule has 1 heterocycles. The summed E-state index contributed by atoms with van der Waals surface area (Å²) in [5.74, 6) is -0.171. The maximum Gasteiger partial charge on any atom is 0.209 e. The summed E-state index contributed by atoms with van der Waals surface area (Å²) in [4.78, 5) is 16.9. The van der Waals surface area contributed by atoms with E-state index in [1.54, 1.807) is 59.3 Å². The number of hydrogen-bond donors (Lipinski definition) is 0. The van der Waals surface area contributed by atoms with E-state index in [0.29, 0.717) is 32.0 Å². The van der Waals surface area contributed by atoms with Gasteiger partial charge >= 0.3 is 0 Å². The SMILES string of the molecule is O=C(/C(=C/c1ccc(Cl)cc1Cl)n1cnc(Cl)c1)c1ccccc1. The molecule has 0 fully saturated rings. The summed E-state index contributed by atoms with van der Waals surface area (Å²) in [7, 11) is 0. The van der Waals surface area contributed by atoms with Crippen LogP contribution in [0.4, 0.5) is 0 Å². The summed E-state index contributed by atoms with van der Waals surface area (Å²) >= 11 is 18.0. The Morgan fingerprint density at radius 3 is 2.42 bits per heavy atom. The summed E-state index contributed by atoms with van der Waals surface area (Å²) in [6, 6.07) is 14.1. The zero-order chi connectivity index (χ0) is 17.1. The first-order valence-electron chi connectivity index (χ1n) is 7.01. The lowest BCUT2D eigenvalue weighted by Crippen LogP contribution is -2.08. The zero-order valence-corrected chi connectivity index (χ0v) is 14.6. The maximum absolute atomic E-state index is 12.9. The molecule has 120 valence electrons. The van der Waals surface area contributed by atoms with Crippen LogP contribution in [-0.4, -0.2) is 15.3 Å². The number of carbonyl (C=O) groups is 1. The number of Topliss-reactive ketones (excluding diaryl/α,β-unsaturated/α-hetero) is 1. The van der Waals surface area contributed by atoms with Crippen molar-refractivity contribution < 1.29 is 4.79 Å². The number of imidazole rings is 1. The third kappa shape index (κ3) is 3.70. The Hall–Kier alpha value is -2.07. The fourth-order valence-corrected chi connectivity index (χ4v) is 2.80. The lowest BCUT2D eigenvalue weighted by Gasteiger charge is -2.09. The molecule has 0 saturated carbocycles. The Morgan fingerprint density at radius 2 is 1.79 bits per heavy atom. The predicted octanol–water partition coefficient (Wildman–Crippen LogP) is 5.72. The molecule has 3 rings (SSSR count). The van der Waals surface area contributed by atoms with Crippen LogP contribution in [0.1, 0.15) is 15.9 Å². The lowest BCUT2D eigenvalue weighted by molar-refractivity contribution is 0.105. The summed E-state index contributed by atoms with van der Waals surface area (Å²) < 4.78 is 1.57. The number of rotatable bonds is 4. The van der Waals surface area contributed by atoms with Gasteiger partial charge in [0.25, 0.3) is 0 Å². The highest BCUT2D eigenvalue weighted by Crippen LogP contribution is 2.26. The van der Waals surface area contributed by atoms with Crippen LogP contribution in [0.5, 0.6) is 0 Å². The van der Waals surface area contributed by atoms with E-state index in [1.165, 1.54) is 6.33 Å². The molecule has 0 spiro atoms. The molecule has 0 N–H and O–H groups in total. The van der Waals surface area contributed by atoms with Crippen LogP contribution < -0.4 is 0 Å². The Kier molecular flexibility index (Phi) is 5.05. The standard InChI is InChI=1S/C18H11Cl3N2O/c19-14-7-6-13(15(20)9-14)8-16(23-10-17(21)22-11-23)18(24)12-4-2-1-3-5-12/h1-11H/b16-8-. The van der Waals surface area contributed by atoms with E-state index >= 15 is 0 Å². The van der Waals surface area contributed by atoms with Crippen molar-refractivity contribution in [3.05, 3.63) is 87.4 Å². The molecular weight excluding hydrogens is 367 g/mol. The van der Waals surface area contributed by atoms with Crippen LogP contribution in [0.15, 0.2) is 61.1 Å². The van der Waals surface area contributed by atoms with Gasteiger partial charge in [-0.25, -0.2) is 4.98 Å². The minimum atomic E-state index is -0.171. The van der Waals surface area contributed by atoms with Gasteiger partial charge < -0.3 is 4.57 Å². The highest BCUT2D eigenvalue weighted by Gasteiger charge is 2.15. The van der Waals surface area contributed by atoms with E-state index in [2.05, 4.69) is 4.98 Å². The number of carbonyl (C=O) groups excluding carboxylic acids is 1. The maximum atomic E-state index is 12.9. The molecule has 0 radical (unpaired) electrons. The monoisotopic (exact) mass is 376 g/mol. The molecule has 2 aromatic carbocycles. The lowest BCUT2D eigenvalue weighted by atomic mass is 10.1. The minimum absolute atomic E-state index is 0.171. The van der Waals surface area contributed by atoms with Crippen molar-refractivity contribution in [2.75, 3.05) is 0 Å². The highest BCUT2D eigenvalue weighted by atomic mass is 35.5. The minimum Gasteiger partial charge on any atom is -0.301 e. The second-order valence-corrected chi connectivity index (χ2v) is 6.23. The van der Waals surface area contributed by atoms with E-state index in [9.17, 15) is 4.79 Å². The first kappa shape index (κ1) is 16.8. The Labute approximate surface area is 154 Å². The van der Waals surface area contributed by atoms with Gasteiger partial charge in [0, 0.05) is 21.8 Å². The third-order valence-electron chi connectivity index (χ3n) is 3.35. The second-order valence-electron chi connectivity index (χ2n) is 4.99. The molecule has 6 heteroatoms. The first-order chi connectivity index (χ1) is 11.5. The number of ketones is 1. The Morgan fingerprint density at radius 1 is 1.04 bits per heavy atom. The zero-order valence-electron chi connectivity index (χ0n) is 12.3. The molecule has 3 aromatic rings. The van der Waals surface area contributed by atoms with Crippen LogP contribution in [0.25, 0.3) is 11.8 Å². The number of halogens is 3. The largest absolute Gasteiger partial charge is 0.301 e. The molecule has 0 unspecified atom stereocenters.